The minimum absolute atomic E-state index is 0.0785. The molecule has 0 unspecified atom stereocenters. The van der Waals surface area contributed by atoms with Crippen LogP contribution in [0.2, 0.25) is 5.02 Å². The Morgan fingerprint density at radius 1 is 1.25 bits per heavy atom. The number of carbonyl (C=O) groups is 2. The van der Waals surface area contributed by atoms with Crippen molar-refractivity contribution in [3.05, 3.63) is 39.5 Å². The molecule has 1 aromatic heterocycles. The van der Waals surface area contributed by atoms with E-state index in [1.165, 1.54) is 11.6 Å². The zero-order valence-corrected chi connectivity index (χ0v) is 16.4. The molecule has 2 heterocycles. The van der Waals surface area contributed by atoms with Crippen molar-refractivity contribution in [2.75, 3.05) is 17.2 Å². The predicted molar refractivity (Wildman–Crippen MR) is 107 cm³/mol. The Hall–Kier alpha value is -2.81. The first-order valence-corrected chi connectivity index (χ1v) is 9.60. The molecule has 0 fully saturated rings. The van der Waals surface area contributed by atoms with Crippen LogP contribution in [0.15, 0.2) is 23.0 Å². The Labute approximate surface area is 167 Å². The lowest BCUT2D eigenvalue weighted by Crippen LogP contribution is -2.31. The Bertz CT molecular complexity index is 936. The van der Waals surface area contributed by atoms with Crippen LogP contribution in [-0.4, -0.2) is 32.8 Å². The lowest BCUT2D eigenvalue weighted by Gasteiger charge is -2.10. The number of hydrogen-bond acceptors (Lipinski definition) is 4. The van der Waals surface area contributed by atoms with Gasteiger partial charge in [-0.1, -0.05) is 11.6 Å². The molecule has 10 heteroatoms. The topological polar surface area (TPSA) is 110 Å². The summed E-state index contributed by atoms with van der Waals surface area (Å²) in [5.74, 6) is 0.645. The monoisotopic (exact) mass is 406 g/mol. The molecule has 0 saturated heterocycles. The van der Waals surface area contributed by atoms with E-state index < -0.39 is 6.03 Å². The third kappa shape index (κ3) is 4.92. The molecule has 150 valence electrons. The lowest BCUT2D eigenvalue weighted by molar-refractivity contribution is -0.114. The van der Waals surface area contributed by atoms with E-state index in [0.29, 0.717) is 35.9 Å². The van der Waals surface area contributed by atoms with Crippen molar-refractivity contribution in [2.45, 2.75) is 45.7 Å². The zero-order valence-electron chi connectivity index (χ0n) is 15.6. The van der Waals surface area contributed by atoms with E-state index in [1.807, 2.05) is 0 Å². The van der Waals surface area contributed by atoms with Crippen LogP contribution in [0.5, 0.6) is 0 Å². The van der Waals surface area contributed by atoms with Crippen molar-refractivity contribution in [1.82, 2.24) is 19.7 Å². The standard InChI is InChI=1S/C18H23ClN6O3/c1-12(26)21-13-6-7-15(14(19)11-13)22-17(27)20-8-4-10-25-18(28)24-9-3-2-5-16(24)23-25/h6-7,11H,2-5,8-10H2,1H3,(H,21,26)(H2,20,22,27). The summed E-state index contributed by atoms with van der Waals surface area (Å²) in [5.41, 5.74) is 0.910. The molecule has 2 aromatic rings. The zero-order chi connectivity index (χ0) is 20.1. The van der Waals surface area contributed by atoms with Gasteiger partial charge in [0.2, 0.25) is 5.91 Å². The first kappa shape index (κ1) is 19.9. The van der Waals surface area contributed by atoms with Gasteiger partial charge in [0.05, 0.1) is 10.7 Å². The molecular weight excluding hydrogens is 384 g/mol. The summed E-state index contributed by atoms with van der Waals surface area (Å²) in [5, 5.41) is 12.7. The number of nitrogens with zero attached hydrogens (tertiary/aromatic N) is 3. The molecule has 0 spiro atoms. The van der Waals surface area contributed by atoms with Crippen LogP contribution >= 0.6 is 11.6 Å². The van der Waals surface area contributed by atoms with E-state index in [9.17, 15) is 14.4 Å². The number of carbonyl (C=O) groups excluding carboxylic acids is 2. The number of urea groups is 1. The second-order valence-electron chi connectivity index (χ2n) is 6.64. The molecule has 0 radical (unpaired) electrons. The smallest absolute Gasteiger partial charge is 0.338 e. The summed E-state index contributed by atoms with van der Waals surface area (Å²) in [6, 6.07) is 4.43. The molecule has 3 N–H and O–H groups in total. The SMILES string of the molecule is CC(=O)Nc1ccc(NC(=O)NCCCn2nc3n(c2=O)CCCC3)c(Cl)c1. The summed E-state index contributed by atoms with van der Waals surface area (Å²) in [7, 11) is 0. The van der Waals surface area contributed by atoms with Crippen LogP contribution in [0.25, 0.3) is 0 Å². The summed E-state index contributed by atoms with van der Waals surface area (Å²) in [4.78, 5) is 35.3. The molecule has 9 nitrogen and oxygen atoms in total. The van der Waals surface area contributed by atoms with Crippen LogP contribution in [-0.2, 0) is 24.3 Å². The Morgan fingerprint density at radius 3 is 2.79 bits per heavy atom. The van der Waals surface area contributed by atoms with Gasteiger partial charge in [0.25, 0.3) is 0 Å². The summed E-state index contributed by atoms with van der Waals surface area (Å²) in [6.07, 6.45) is 3.49. The second-order valence-corrected chi connectivity index (χ2v) is 7.05. The molecule has 1 aromatic carbocycles. The number of rotatable bonds is 6. The maximum Gasteiger partial charge on any atom is 0.345 e. The average Bonchev–Trinajstić information content (AvgIpc) is 2.97. The van der Waals surface area contributed by atoms with E-state index in [2.05, 4.69) is 21.0 Å². The molecule has 0 saturated carbocycles. The van der Waals surface area contributed by atoms with Crippen molar-refractivity contribution < 1.29 is 9.59 Å². The summed E-state index contributed by atoms with van der Waals surface area (Å²) >= 11 is 6.12. The summed E-state index contributed by atoms with van der Waals surface area (Å²) in [6.45, 7) is 2.98. The van der Waals surface area contributed by atoms with E-state index in [4.69, 9.17) is 11.6 Å². The molecular formula is C18H23ClN6O3. The average molecular weight is 407 g/mol. The predicted octanol–water partition coefficient (Wildman–Crippen LogP) is 2.20. The number of nitrogens with one attached hydrogen (secondary N) is 3. The number of aryl methyl sites for hydroxylation is 2. The van der Waals surface area contributed by atoms with Crippen molar-refractivity contribution >= 4 is 34.9 Å². The fourth-order valence-electron chi connectivity index (χ4n) is 3.09. The van der Waals surface area contributed by atoms with Crippen molar-refractivity contribution in [3.63, 3.8) is 0 Å². The number of aromatic nitrogens is 3. The first-order valence-electron chi connectivity index (χ1n) is 9.22. The van der Waals surface area contributed by atoms with Gasteiger partial charge in [-0.3, -0.25) is 9.36 Å². The van der Waals surface area contributed by atoms with Crippen LogP contribution in [0.1, 0.15) is 32.0 Å². The third-order valence-corrected chi connectivity index (χ3v) is 4.71. The molecule has 1 aliphatic rings. The molecule has 0 aliphatic carbocycles. The van der Waals surface area contributed by atoms with E-state index in [1.54, 1.807) is 22.8 Å². The van der Waals surface area contributed by atoms with E-state index in [-0.39, 0.29) is 11.6 Å². The second kappa shape index (κ2) is 8.92. The largest absolute Gasteiger partial charge is 0.345 e. The van der Waals surface area contributed by atoms with Gasteiger partial charge in [-0.25, -0.2) is 14.3 Å². The molecule has 3 amide bonds. The lowest BCUT2D eigenvalue weighted by atomic mass is 10.2. The number of hydrogen-bond donors (Lipinski definition) is 3. The Kier molecular flexibility index (Phi) is 6.35. The van der Waals surface area contributed by atoms with Crippen LogP contribution in [0.3, 0.4) is 0 Å². The molecule has 3 rings (SSSR count). The number of fused-ring (bicyclic) bond motifs is 1. The van der Waals surface area contributed by atoms with Crippen LogP contribution in [0.4, 0.5) is 16.2 Å². The van der Waals surface area contributed by atoms with Gasteiger partial charge >= 0.3 is 11.7 Å². The van der Waals surface area contributed by atoms with Gasteiger partial charge in [-0.05, 0) is 37.5 Å². The molecule has 0 bridgehead atoms. The highest BCUT2D eigenvalue weighted by molar-refractivity contribution is 6.34. The maximum absolute atomic E-state index is 12.2. The van der Waals surface area contributed by atoms with Crippen LogP contribution < -0.4 is 21.6 Å². The highest BCUT2D eigenvalue weighted by Crippen LogP contribution is 2.25. The fraction of sp³-hybridized carbons (Fsp3) is 0.444. The van der Waals surface area contributed by atoms with Crippen molar-refractivity contribution in [3.8, 4) is 0 Å². The first-order chi connectivity index (χ1) is 13.4. The number of anilines is 2. The number of halogens is 1. The normalized spacial score (nSPS) is 12.9. The van der Waals surface area contributed by atoms with Gasteiger partial charge in [0, 0.05) is 38.7 Å². The van der Waals surface area contributed by atoms with Crippen molar-refractivity contribution in [2.24, 2.45) is 0 Å². The van der Waals surface area contributed by atoms with E-state index in [0.717, 1.165) is 31.6 Å². The van der Waals surface area contributed by atoms with Gasteiger partial charge in [0.1, 0.15) is 5.82 Å². The van der Waals surface area contributed by atoms with Crippen LogP contribution in [0, 0.1) is 0 Å². The Balaban J connectivity index is 1.46. The van der Waals surface area contributed by atoms with Gasteiger partial charge < -0.3 is 16.0 Å². The van der Waals surface area contributed by atoms with E-state index >= 15 is 0 Å². The molecule has 28 heavy (non-hydrogen) atoms. The molecule has 1 aliphatic heterocycles. The quantitative estimate of drug-likeness (QED) is 0.638. The van der Waals surface area contributed by atoms with Gasteiger partial charge in [-0.15, -0.1) is 0 Å². The third-order valence-electron chi connectivity index (χ3n) is 4.40. The minimum atomic E-state index is -0.398. The maximum atomic E-state index is 12.2. The number of benzene rings is 1. The van der Waals surface area contributed by atoms with Gasteiger partial charge in [-0.2, -0.15) is 5.10 Å². The molecule has 0 atom stereocenters. The fourth-order valence-corrected chi connectivity index (χ4v) is 3.32. The summed E-state index contributed by atoms with van der Waals surface area (Å²) < 4.78 is 3.20. The highest BCUT2D eigenvalue weighted by atomic mass is 35.5. The number of amides is 3. The van der Waals surface area contributed by atoms with Crippen molar-refractivity contribution in [1.29, 1.82) is 0 Å². The van der Waals surface area contributed by atoms with Gasteiger partial charge in [0.15, 0.2) is 0 Å². The Morgan fingerprint density at radius 2 is 2.07 bits per heavy atom. The minimum Gasteiger partial charge on any atom is -0.338 e. The highest BCUT2D eigenvalue weighted by Gasteiger charge is 2.16.